The molecule has 0 spiro atoms. The molecule has 4 heteroatoms. The van der Waals surface area contributed by atoms with Crippen LogP contribution in [0.25, 0.3) is 0 Å². The Morgan fingerprint density at radius 2 is 2.12 bits per heavy atom. The second-order valence-electron chi connectivity index (χ2n) is 5.19. The average Bonchev–Trinajstić information content (AvgIpc) is 2.69. The van der Waals surface area contributed by atoms with Gasteiger partial charge in [-0.2, -0.15) is 0 Å². The van der Waals surface area contributed by atoms with Gasteiger partial charge in [-0.3, -0.25) is 0 Å². The molecule has 1 aliphatic carbocycles. The molecule has 0 aliphatic heterocycles. The number of rotatable bonds is 3. The fraction of sp³-hybridized carbons (Fsp3) is 0.615. The van der Waals surface area contributed by atoms with Gasteiger partial charge in [-0.15, -0.1) is 0 Å². The Bertz CT molecular complexity index is 400. The van der Waals surface area contributed by atoms with Gasteiger partial charge in [-0.25, -0.2) is 4.98 Å². The molecular weight excluding hydrogens is 214 g/mol. The number of nitrogens with zero attached hydrogens (tertiary/aromatic N) is 2. The molecule has 1 heterocycles. The minimum Gasteiger partial charge on any atom is -0.398 e. The van der Waals surface area contributed by atoms with Gasteiger partial charge in [0.05, 0.1) is 5.60 Å². The van der Waals surface area contributed by atoms with Gasteiger partial charge in [0.15, 0.2) is 0 Å². The molecule has 0 saturated heterocycles. The highest BCUT2D eigenvalue weighted by Gasteiger charge is 2.32. The van der Waals surface area contributed by atoms with E-state index in [-0.39, 0.29) is 0 Å². The van der Waals surface area contributed by atoms with Gasteiger partial charge in [0, 0.05) is 31.5 Å². The summed E-state index contributed by atoms with van der Waals surface area (Å²) in [5, 5.41) is 10.3. The third-order valence-electron chi connectivity index (χ3n) is 3.59. The standard InChI is InChI=1S/C13H21N3O/c1-10-8-15-12(7-11(10)14)16(2)9-13(17)5-3-4-6-13/h7-8,17H,3-6,9H2,1-2H3,(H2,14,15). The number of likely N-dealkylation sites (N-methyl/N-ethyl adjacent to an activating group) is 1. The van der Waals surface area contributed by atoms with Gasteiger partial charge >= 0.3 is 0 Å². The monoisotopic (exact) mass is 235 g/mol. The highest BCUT2D eigenvalue weighted by molar-refractivity contribution is 5.54. The molecule has 0 atom stereocenters. The van der Waals surface area contributed by atoms with Gasteiger partial charge in [0.25, 0.3) is 0 Å². The number of anilines is 2. The van der Waals surface area contributed by atoms with Gasteiger partial charge in [0.2, 0.25) is 0 Å². The van der Waals surface area contributed by atoms with E-state index in [9.17, 15) is 5.11 Å². The minimum atomic E-state index is -0.546. The Kier molecular flexibility index (Phi) is 3.24. The van der Waals surface area contributed by atoms with Crippen LogP contribution in [0, 0.1) is 6.92 Å². The second-order valence-corrected chi connectivity index (χ2v) is 5.19. The van der Waals surface area contributed by atoms with E-state index in [0.29, 0.717) is 6.54 Å². The predicted octanol–water partition coefficient (Wildman–Crippen LogP) is 1.71. The summed E-state index contributed by atoms with van der Waals surface area (Å²) >= 11 is 0. The normalized spacial score (nSPS) is 18.3. The lowest BCUT2D eigenvalue weighted by molar-refractivity contribution is 0.0558. The van der Waals surface area contributed by atoms with Crippen LogP contribution in [0.5, 0.6) is 0 Å². The van der Waals surface area contributed by atoms with E-state index in [4.69, 9.17) is 5.73 Å². The van der Waals surface area contributed by atoms with Crippen LogP contribution < -0.4 is 10.6 Å². The molecule has 1 aromatic heterocycles. The van der Waals surface area contributed by atoms with Crippen LogP contribution in [-0.4, -0.2) is 29.3 Å². The lowest BCUT2D eigenvalue weighted by Gasteiger charge is -2.29. The van der Waals surface area contributed by atoms with E-state index in [0.717, 1.165) is 42.8 Å². The van der Waals surface area contributed by atoms with Crippen LogP contribution in [0.4, 0.5) is 11.5 Å². The number of nitrogens with two attached hydrogens (primary N) is 1. The lowest BCUT2D eigenvalue weighted by Crippen LogP contribution is -2.39. The zero-order chi connectivity index (χ0) is 12.5. The third kappa shape index (κ3) is 2.69. The van der Waals surface area contributed by atoms with E-state index in [1.807, 2.05) is 24.9 Å². The molecule has 2 rings (SSSR count). The van der Waals surface area contributed by atoms with Gasteiger partial charge in [0.1, 0.15) is 5.82 Å². The fourth-order valence-electron chi connectivity index (χ4n) is 2.45. The largest absolute Gasteiger partial charge is 0.398 e. The molecule has 1 aromatic rings. The first-order chi connectivity index (χ1) is 8.00. The van der Waals surface area contributed by atoms with Crippen molar-refractivity contribution in [2.75, 3.05) is 24.2 Å². The molecule has 0 radical (unpaired) electrons. The molecular formula is C13H21N3O. The Morgan fingerprint density at radius 3 is 2.71 bits per heavy atom. The first-order valence-corrected chi connectivity index (χ1v) is 6.16. The summed E-state index contributed by atoms with van der Waals surface area (Å²) in [6, 6.07) is 1.87. The maximum Gasteiger partial charge on any atom is 0.130 e. The number of aromatic nitrogens is 1. The van der Waals surface area contributed by atoms with Crippen molar-refractivity contribution in [3.63, 3.8) is 0 Å². The molecule has 1 fully saturated rings. The first-order valence-electron chi connectivity index (χ1n) is 6.16. The Morgan fingerprint density at radius 1 is 1.47 bits per heavy atom. The fourth-order valence-corrected chi connectivity index (χ4v) is 2.45. The molecule has 1 aliphatic rings. The van der Waals surface area contributed by atoms with E-state index in [1.165, 1.54) is 0 Å². The van der Waals surface area contributed by atoms with Crippen molar-refractivity contribution in [2.24, 2.45) is 0 Å². The van der Waals surface area contributed by atoms with Gasteiger partial charge < -0.3 is 15.7 Å². The van der Waals surface area contributed by atoms with Crippen LogP contribution in [-0.2, 0) is 0 Å². The number of hydrogen-bond donors (Lipinski definition) is 2. The molecule has 3 N–H and O–H groups in total. The Labute approximate surface area is 102 Å². The van der Waals surface area contributed by atoms with Crippen molar-refractivity contribution in [3.05, 3.63) is 17.8 Å². The molecule has 17 heavy (non-hydrogen) atoms. The zero-order valence-corrected chi connectivity index (χ0v) is 10.6. The van der Waals surface area contributed by atoms with Crippen LogP contribution in [0.2, 0.25) is 0 Å². The number of pyridine rings is 1. The van der Waals surface area contributed by atoms with Crippen molar-refractivity contribution in [3.8, 4) is 0 Å². The average molecular weight is 235 g/mol. The van der Waals surface area contributed by atoms with E-state index in [1.54, 1.807) is 6.20 Å². The van der Waals surface area contributed by atoms with Gasteiger partial charge in [-0.1, -0.05) is 12.8 Å². The number of hydrogen-bond acceptors (Lipinski definition) is 4. The van der Waals surface area contributed by atoms with Crippen molar-refractivity contribution in [2.45, 2.75) is 38.2 Å². The molecule has 94 valence electrons. The van der Waals surface area contributed by atoms with Crippen molar-refractivity contribution >= 4 is 11.5 Å². The summed E-state index contributed by atoms with van der Waals surface area (Å²) in [7, 11) is 1.95. The Hall–Kier alpha value is -1.29. The maximum atomic E-state index is 10.3. The van der Waals surface area contributed by atoms with Crippen LogP contribution in [0.1, 0.15) is 31.2 Å². The lowest BCUT2D eigenvalue weighted by atomic mass is 10.0. The van der Waals surface area contributed by atoms with Crippen molar-refractivity contribution in [1.82, 2.24) is 4.98 Å². The summed E-state index contributed by atoms with van der Waals surface area (Å²) in [6.45, 7) is 2.57. The number of nitrogen functional groups attached to an aromatic ring is 1. The zero-order valence-electron chi connectivity index (χ0n) is 10.6. The first kappa shape index (κ1) is 12.2. The van der Waals surface area contributed by atoms with E-state index < -0.39 is 5.60 Å². The van der Waals surface area contributed by atoms with E-state index in [2.05, 4.69) is 4.98 Å². The van der Waals surface area contributed by atoms with Gasteiger partial charge in [-0.05, 0) is 25.3 Å². The predicted molar refractivity (Wildman–Crippen MR) is 70.1 cm³/mol. The maximum absolute atomic E-state index is 10.3. The van der Waals surface area contributed by atoms with Crippen LogP contribution >= 0.6 is 0 Å². The quantitative estimate of drug-likeness (QED) is 0.837. The highest BCUT2D eigenvalue weighted by Crippen LogP contribution is 2.31. The summed E-state index contributed by atoms with van der Waals surface area (Å²) in [5.41, 5.74) is 7.06. The van der Waals surface area contributed by atoms with Crippen LogP contribution in [0.15, 0.2) is 12.3 Å². The molecule has 0 aromatic carbocycles. The number of aliphatic hydroxyl groups is 1. The van der Waals surface area contributed by atoms with Crippen LogP contribution in [0.3, 0.4) is 0 Å². The topological polar surface area (TPSA) is 62.4 Å². The molecule has 0 amide bonds. The minimum absolute atomic E-state index is 0.546. The van der Waals surface area contributed by atoms with Crippen molar-refractivity contribution in [1.29, 1.82) is 0 Å². The summed E-state index contributed by atoms with van der Waals surface area (Å²) in [6.07, 6.45) is 5.79. The Balaban J connectivity index is 2.08. The highest BCUT2D eigenvalue weighted by atomic mass is 16.3. The summed E-state index contributed by atoms with van der Waals surface area (Å²) < 4.78 is 0. The third-order valence-corrected chi connectivity index (χ3v) is 3.59. The summed E-state index contributed by atoms with van der Waals surface area (Å²) in [4.78, 5) is 6.33. The molecule has 0 unspecified atom stereocenters. The molecule has 4 nitrogen and oxygen atoms in total. The number of aryl methyl sites for hydroxylation is 1. The van der Waals surface area contributed by atoms with Crippen molar-refractivity contribution < 1.29 is 5.11 Å². The van der Waals surface area contributed by atoms with E-state index >= 15 is 0 Å². The second kappa shape index (κ2) is 4.53. The molecule has 1 saturated carbocycles. The molecule has 0 bridgehead atoms. The summed E-state index contributed by atoms with van der Waals surface area (Å²) in [5.74, 6) is 0.827. The SMILES string of the molecule is Cc1cnc(N(C)CC2(O)CCCC2)cc1N. The smallest absolute Gasteiger partial charge is 0.130 e.